The van der Waals surface area contributed by atoms with E-state index in [0.717, 1.165) is 31.7 Å². The lowest BCUT2D eigenvalue weighted by Gasteiger charge is -2.26. The highest BCUT2D eigenvalue weighted by atomic mass is 16.2. The molecule has 0 spiro atoms. The van der Waals surface area contributed by atoms with Crippen LogP contribution >= 0.6 is 0 Å². The van der Waals surface area contributed by atoms with Gasteiger partial charge in [0.25, 0.3) is 0 Å². The van der Waals surface area contributed by atoms with Gasteiger partial charge in [-0.3, -0.25) is 4.98 Å². The molecule has 3 heterocycles. The highest BCUT2D eigenvalue weighted by Crippen LogP contribution is 2.27. The first-order valence-electron chi connectivity index (χ1n) is 6.68. The fourth-order valence-electron chi connectivity index (χ4n) is 2.57. The lowest BCUT2D eigenvalue weighted by molar-refractivity contribution is 0.288. The van der Waals surface area contributed by atoms with Gasteiger partial charge in [0.1, 0.15) is 5.82 Å². The summed E-state index contributed by atoms with van der Waals surface area (Å²) in [5.74, 6) is 1.54. The molecular formula is C14H18N4O. The van der Waals surface area contributed by atoms with Crippen molar-refractivity contribution in [2.24, 2.45) is 0 Å². The number of nitrogens with one attached hydrogen (secondary N) is 1. The zero-order chi connectivity index (χ0) is 13.1. The van der Waals surface area contributed by atoms with Crippen molar-refractivity contribution < 1.29 is 5.11 Å². The molecule has 1 unspecified atom stereocenters. The van der Waals surface area contributed by atoms with Crippen molar-refractivity contribution in [2.75, 3.05) is 18.5 Å². The van der Waals surface area contributed by atoms with Gasteiger partial charge in [-0.1, -0.05) is 0 Å². The summed E-state index contributed by atoms with van der Waals surface area (Å²) in [4.78, 5) is 4.06. The number of hydrogen-bond donors (Lipinski definition) is 2. The van der Waals surface area contributed by atoms with E-state index >= 15 is 0 Å². The Morgan fingerprint density at radius 1 is 1.37 bits per heavy atom. The summed E-state index contributed by atoms with van der Waals surface area (Å²) in [6, 6.07) is 4.13. The largest absolute Gasteiger partial charge is 0.396 e. The molecule has 5 heteroatoms. The van der Waals surface area contributed by atoms with Crippen LogP contribution in [0.3, 0.4) is 0 Å². The Morgan fingerprint density at radius 2 is 2.21 bits per heavy atom. The molecule has 2 aromatic rings. The number of anilines is 1. The maximum atomic E-state index is 8.91. The van der Waals surface area contributed by atoms with Crippen LogP contribution in [-0.2, 0) is 13.0 Å². The lowest BCUT2D eigenvalue weighted by atomic mass is 9.99. The van der Waals surface area contributed by atoms with Crippen molar-refractivity contribution in [2.45, 2.75) is 25.3 Å². The summed E-state index contributed by atoms with van der Waals surface area (Å²) in [5.41, 5.74) is 2.49. The van der Waals surface area contributed by atoms with Gasteiger partial charge in [-0.15, -0.1) is 0 Å². The minimum absolute atomic E-state index is 0.226. The van der Waals surface area contributed by atoms with Crippen molar-refractivity contribution in [3.63, 3.8) is 0 Å². The van der Waals surface area contributed by atoms with E-state index in [1.165, 1.54) is 11.1 Å². The fourth-order valence-corrected chi connectivity index (χ4v) is 2.57. The van der Waals surface area contributed by atoms with E-state index in [-0.39, 0.29) is 6.61 Å². The standard InChI is InChI=1S/C14H18N4O/c19-7-1-2-12-9-17-18-10-13(8-16-14(12)18)11-3-5-15-6-4-11/h3-6,9,13,16,19H,1-2,7-8,10H2. The second-order valence-electron chi connectivity index (χ2n) is 4.89. The summed E-state index contributed by atoms with van der Waals surface area (Å²) < 4.78 is 2.03. The Bertz CT molecular complexity index is 538. The van der Waals surface area contributed by atoms with Crippen LogP contribution in [0.2, 0.25) is 0 Å². The topological polar surface area (TPSA) is 63.0 Å². The molecule has 5 nitrogen and oxygen atoms in total. The van der Waals surface area contributed by atoms with Crippen LogP contribution in [0.4, 0.5) is 5.82 Å². The van der Waals surface area contributed by atoms with Crippen LogP contribution in [0.25, 0.3) is 0 Å². The molecule has 1 aliphatic heterocycles. The Balaban J connectivity index is 1.76. The van der Waals surface area contributed by atoms with Gasteiger partial charge in [-0.05, 0) is 30.5 Å². The van der Waals surface area contributed by atoms with E-state index < -0.39 is 0 Å². The molecule has 2 N–H and O–H groups in total. The Hall–Kier alpha value is -1.88. The average molecular weight is 258 g/mol. The molecule has 0 saturated carbocycles. The van der Waals surface area contributed by atoms with Crippen LogP contribution in [0.1, 0.15) is 23.5 Å². The molecule has 0 bridgehead atoms. The van der Waals surface area contributed by atoms with E-state index in [2.05, 4.69) is 27.5 Å². The molecule has 0 saturated heterocycles. The third kappa shape index (κ3) is 2.46. The maximum Gasteiger partial charge on any atom is 0.127 e. The van der Waals surface area contributed by atoms with Gasteiger partial charge in [-0.2, -0.15) is 5.10 Å². The monoisotopic (exact) mass is 258 g/mol. The number of aliphatic hydroxyl groups excluding tert-OH is 1. The van der Waals surface area contributed by atoms with Gasteiger partial charge in [0.15, 0.2) is 0 Å². The number of pyridine rings is 1. The van der Waals surface area contributed by atoms with Crippen LogP contribution in [0.15, 0.2) is 30.7 Å². The lowest BCUT2D eigenvalue weighted by Crippen LogP contribution is -2.26. The Morgan fingerprint density at radius 3 is 3.00 bits per heavy atom. The van der Waals surface area contributed by atoms with E-state index in [1.807, 2.05) is 23.3 Å². The number of hydrogen-bond acceptors (Lipinski definition) is 4. The fraction of sp³-hybridized carbons (Fsp3) is 0.429. The zero-order valence-corrected chi connectivity index (χ0v) is 10.8. The van der Waals surface area contributed by atoms with Crippen molar-refractivity contribution in [3.8, 4) is 0 Å². The van der Waals surface area contributed by atoms with Crippen LogP contribution < -0.4 is 5.32 Å². The molecule has 3 rings (SSSR count). The number of nitrogens with zero attached hydrogens (tertiary/aromatic N) is 3. The summed E-state index contributed by atoms with van der Waals surface area (Å²) in [6.07, 6.45) is 7.24. The van der Waals surface area contributed by atoms with Crippen molar-refractivity contribution in [1.82, 2.24) is 14.8 Å². The van der Waals surface area contributed by atoms with E-state index in [4.69, 9.17) is 5.11 Å². The maximum absolute atomic E-state index is 8.91. The SMILES string of the molecule is OCCCc1cnn2c1NCC(c1ccncc1)C2. The third-order valence-electron chi connectivity index (χ3n) is 3.61. The summed E-state index contributed by atoms with van der Waals surface area (Å²) >= 11 is 0. The van der Waals surface area contributed by atoms with Crippen molar-refractivity contribution in [3.05, 3.63) is 41.9 Å². The second kappa shape index (κ2) is 5.40. The normalized spacial score (nSPS) is 17.8. The van der Waals surface area contributed by atoms with Crippen LogP contribution in [-0.4, -0.2) is 33.0 Å². The van der Waals surface area contributed by atoms with Gasteiger partial charge >= 0.3 is 0 Å². The van der Waals surface area contributed by atoms with Gasteiger partial charge < -0.3 is 10.4 Å². The average Bonchev–Trinajstić information content (AvgIpc) is 2.88. The van der Waals surface area contributed by atoms with Crippen LogP contribution in [0, 0.1) is 0 Å². The second-order valence-corrected chi connectivity index (χ2v) is 4.89. The molecule has 1 atom stereocenters. The smallest absolute Gasteiger partial charge is 0.127 e. The minimum Gasteiger partial charge on any atom is -0.396 e. The minimum atomic E-state index is 0.226. The number of fused-ring (bicyclic) bond motifs is 1. The van der Waals surface area contributed by atoms with Crippen molar-refractivity contribution >= 4 is 5.82 Å². The quantitative estimate of drug-likeness (QED) is 0.870. The number of rotatable bonds is 4. The molecule has 100 valence electrons. The summed E-state index contributed by atoms with van der Waals surface area (Å²) in [5, 5.41) is 16.8. The van der Waals surface area contributed by atoms with Gasteiger partial charge in [-0.25, -0.2) is 4.68 Å². The molecule has 0 fully saturated rings. The molecule has 0 aliphatic carbocycles. The molecular weight excluding hydrogens is 240 g/mol. The molecule has 0 radical (unpaired) electrons. The first-order valence-corrected chi connectivity index (χ1v) is 6.68. The predicted octanol–water partition coefficient (Wildman–Crippen LogP) is 1.41. The zero-order valence-electron chi connectivity index (χ0n) is 10.8. The Kier molecular flexibility index (Phi) is 3.46. The van der Waals surface area contributed by atoms with Gasteiger partial charge in [0.05, 0.1) is 12.7 Å². The Labute approximate surface area is 112 Å². The molecule has 0 aromatic carbocycles. The first kappa shape index (κ1) is 12.2. The van der Waals surface area contributed by atoms with E-state index in [0.29, 0.717) is 5.92 Å². The van der Waals surface area contributed by atoms with Gasteiger partial charge in [0, 0.05) is 37.0 Å². The van der Waals surface area contributed by atoms with E-state index in [1.54, 1.807) is 0 Å². The molecule has 2 aromatic heterocycles. The molecule has 1 aliphatic rings. The summed E-state index contributed by atoms with van der Waals surface area (Å²) in [7, 11) is 0. The number of aryl methyl sites for hydroxylation is 1. The molecule has 0 amide bonds. The summed E-state index contributed by atoms with van der Waals surface area (Å²) in [6.45, 7) is 2.04. The molecule has 19 heavy (non-hydrogen) atoms. The van der Waals surface area contributed by atoms with Crippen LogP contribution in [0.5, 0.6) is 0 Å². The van der Waals surface area contributed by atoms with E-state index in [9.17, 15) is 0 Å². The van der Waals surface area contributed by atoms with Crippen molar-refractivity contribution in [1.29, 1.82) is 0 Å². The van der Waals surface area contributed by atoms with Gasteiger partial charge in [0.2, 0.25) is 0 Å². The highest BCUT2D eigenvalue weighted by molar-refractivity contribution is 5.46. The third-order valence-corrected chi connectivity index (χ3v) is 3.61. The number of aromatic nitrogens is 3. The number of aliphatic hydroxyl groups is 1. The predicted molar refractivity (Wildman–Crippen MR) is 73.1 cm³/mol. The highest BCUT2D eigenvalue weighted by Gasteiger charge is 2.22. The first-order chi connectivity index (χ1) is 9.38.